The highest BCUT2D eigenvalue weighted by atomic mass is 35.5. The molecule has 2 fully saturated rings. The fourth-order valence-corrected chi connectivity index (χ4v) is 3.22. The molecular formula is C16H31ClN2O2. The topological polar surface area (TPSA) is 50.4 Å². The van der Waals surface area contributed by atoms with Crippen LogP contribution in [0.15, 0.2) is 0 Å². The van der Waals surface area contributed by atoms with Crippen LogP contribution in [0.3, 0.4) is 0 Å². The van der Waals surface area contributed by atoms with Gasteiger partial charge in [-0.25, -0.2) is 0 Å². The van der Waals surface area contributed by atoms with Gasteiger partial charge in [0.2, 0.25) is 5.91 Å². The Morgan fingerprint density at radius 1 is 1.19 bits per heavy atom. The zero-order valence-corrected chi connectivity index (χ0v) is 14.1. The van der Waals surface area contributed by atoms with Gasteiger partial charge in [0.1, 0.15) is 6.10 Å². The second-order valence-electron chi connectivity index (χ2n) is 6.35. The summed E-state index contributed by atoms with van der Waals surface area (Å²) >= 11 is 0. The number of carbonyl (C=O) groups excluding carboxylic acids is 1. The average molecular weight is 319 g/mol. The monoisotopic (exact) mass is 318 g/mol. The van der Waals surface area contributed by atoms with Gasteiger partial charge in [-0.2, -0.15) is 0 Å². The van der Waals surface area contributed by atoms with Crippen LogP contribution in [0.4, 0.5) is 0 Å². The summed E-state index contributed by atoms with van der Waals surface area (Å²) in [6.07, 6.45) is 9.75. The van der Waals surface area contributed by atoms with Crippen molar-refractivity contribution in [1.29, 1.82) is 0 Å². The molecule has 1 heterocycles. The minimum Gasteiger partial charge on any atom is -0.365 e. The fraction of sp³-hybridized carbons (Fsp3) is 0.938. The maximum atomic E-state index is 12.1. The van der Waals surface area contributed by atoms with Crippen LogP contribution in [-0.2, 0) is 9.53 Å². The van der Waals surface area contributed by atoms with Crippen LogP contribution < -0.4 is 10.6 Å². The molecule has 0 aromatic heterocycles. The molecule has 2 N–H and O–H groups in total. The van der Waals surface area contributed by atoms with Gasteiger partial charge < -0.3 is 15.4 Å². The summed E-state index contributed by atoms with van der Waals surface area (Å²) in [4.78, 5) is 12.1. The maximum Gasteiger partial charge on any atom is 0.248 e. The molecule has 0 spiro atoms. The van der Waals surface area contributed by atoms with E-state index < -0.39 is 0 Å². The molecule has 4 nitrogen and oxygen atoms in total. The van der Waals surface area contributed by atoms with Crippen molar-refractivity contribution in [3.63, 3.8) is 0 Å². The number of piperidine rings is 1. The first-order valence-corrected chi connectivity index (χ1v) is 8.39. The Balaban J connectivity index is 0.00000220. The highest BCUT2D eigenvalue weighted by molar-refractivity contribution is 5.85. The van der Waals surface area contributed by atoms with Crippen molar-refractivity contribution in [3.8, 4) is 0 Å². The van der Waals surface area contributed by atoms with Gasteiger partial charge >= 0.3 is 0 Å². The van der Waals surface area contributed by atoms with Crippen molar-refractivity contribution >= 4 is 18.3 Å². The molecule has 2 aliphatic rings. The molecule has 2 rings (SSSR count). The van der Waals surface area contributed by atoms with Crippen LogP contribution in [0.5, 0.6) is 0 Å². The summed E-state index contributed by atoms with van der Waals surface area (Å²) in [5.41, 5.74) is 0. The third-order valence-electron chi connectivity index (χ3n) is 4.53. The molecule has 5 heteroatoms. The smallest absolute Gasteiger partial charge is 0.248 e. The molecule has 1 amide bonds. The van der Waals surface area contributed by atoms with Gasteiger partial charge in [-0.1, -0.05) is 25.7 Å². The van der Waals surface area contributed by atoms with Crippen molar-refractivity contribution in [2.24, 2.45) is 5.92 Å². The van der Waals surface area contributed by atoms with Crippen molar-refractivity contribution in [2.45, 2.75) is 70.5 Å². The first kappa shape index (κ1) is 18.7. The van der Waals surface area contributed by atoms with E-state index in [2.05, 4.69) is 10.6 Å². The highest BCUT2D eigenvalue weighted by Crippen LogP contribution is 2.21. The SMILES string of the molecule is CC(OC1CCCCCC1)C(=O)NCC1CCCNC1.Cl. The van der Waals surface area contributed by atoms with E-state index in [9.17, 15) is 4.79 Å². The molecule has 2 unspecified atom stereocenters. The predicted molar refractivity (Wildman–Crippen MR) is 87.9 cm³/mol. The second-order valence-corrected chi connectivity index (χ2v) is 6.35. The van der Waals surface area contributed by atoms with Gasteiger partial charge in [0.05, 0.1) is 6.10 Å². The predicted octanol–water partition coefficient (Wildman–Crippen LogP) is 2.65. The highest BCUT2D eigenvalue weighted by Gasteiger charge is 2.21. The Morgan fingerprint density at radius 2 is 1.90 bits per heavy atom. The second kappa shape index (κ2) is 10.4. The minimum atomic E-state index is -0.311. The zero-order chi connectivity index (χ0) is 14.2. The van der Waals surface area contributed by atoms with Crippen molar-refractivity contribution in [3.05, 3.63) is 0 Å². The lowest BCUT2D eigenvalue weighted by Gasteiger charge is -2.25. The molecule has 0 radical (unpaired) electrons. The number of halogens is 1. The first-order chi connectivity index (χ1) is 9.75. The van der Waals surface area contributed by atoms with Crippen molar-refractivity contribution < 1.29 is 9.53 Å². The molecule has 0 bridgehead atoms. The fourth-order valence-electron chi connectivity index (χ4n) is 3.22. The third kappa shape index (κ3) is 6.98. The molecule has 1 saturated carbocycles. The number of hydrogen-bond acceptors (Lipinski definition) is 3. The van der Waals surface area contributed by atoms with E-state index >= 15 is 0 Å². The molecular weight excluding hydrogens is 288 g/mol. The molecule has 21 heavy (non-hydrogen) atoms. The third-order valence-corrected chi connectivity index (χ3v) is 4.53. The lowest BCUT2D eigenvalue weighted by Crippen LogP contribution is -2.42. The molecule has 124 valence electrons. The van der Waals surface area contributed by atoms with E-state index in [1.54, 1.807) is 0 Å². The first-order valence-electron chi connectivity index (χ1n) is 8.39. The number of carbonyl (C=O) groups is 1. The standard InChI is InChI=1S/C16H30N2O2.ClH/c1-13(20-15-8-4-2-3-5-9-15)16(19)18-12-14-7-6-10-17-11-14;/h13-15,17H,2-12H2,1H3,(H,18,19);1H. The average Bonchev–Trinajstić information content (AvgIpc) is 2.74. The Labute approximate surface area is 135 Å². The Morgan fingerprint density at radius 3 is 2.52 bits per heavy atom. The van der Waals surface area contributed by atoms with E-state index in [-0.39, 0.29) is 30.5 Å². The van der Waals surface area contributed by atoms with E-state index in [4.69, 9.17) is 4.74 Å². The number of nitrogens with one attached hydrogen (secondary N) is 2. The van der Waals surface area contributed by atoms with Crippen LogP contribution in [-0.4, -0.2) is 37.7 Å². The maximum absolute atomic E-state index is 12.1. The number of rotatable bonds is 5. The van der Waals surface area contributed by atoms with Crippen molar-refractivity contribution in [2.75, 3.05) is 19.6 Å². The lowest BCUT2D eigenvalue weighted by atomic mass is 10.00. The summed E-state index contributed by atoms with van der Waals surface area (Å²) in [7, 11) is 0. The zero-order valence-electron chi connectivity index (χ0n) is 13.2. The van der Waals surface area contributed by atoms with E-state index in [1.165, 1.54) is 38.5 Å². The number of amides is 1. The van der Waals surface area contributed by atoms with E-state index in [1.807, 2.05) is 6.92 Å². The number of hydrogen-bond donors (Lipinski definition) is 2. The molecule has 1 aliphatic carbocycles. The summed E-state index contributed by atoms with van der Waals surface area (Å²) in [6.45, 7) is 4.81. The van der Waals surface area contributed by atoms with Gasteiger partial charge in [-0.3, -0.25) is 4.79 Å². The Kier molecular flexibility index (Phi) is 9.29. The Hall–Kier alpha value is -0.320. The normalized spacial score (nSPS) is 25.5. The van der Waals surface area contributed by atoms with Crippen LogP contribution in [0.25, 0.3) is 0 Å². The van der Waals surface area contributed by atoms with Crippen molar-refractivity contribution in [1.82, 2.24) is 10.6 Å². The van der Waals surface area contributed by atoms with Crippen LogP contribution >= 0.6 is 12.4 Å². The van der Waals surface area contributed by atoms with Crippen LogP contribution in [0.2, 0.25) is 0 Å². The largest absolute Gasteiger partial charge is 0.365 e. The summed E-state index contributed by atoms with van der Waals surface area (Å²) < 4.78 is 5.95. The Bertz CT molecular complexity index is 288. The van der Waals surface area contributed by atoms with Gasteiger partial charge in [-0.15, -0.1) is 12.4 Å². The van der Waals surface area contributed by atoms with Gasteiger partial charge in [0.25, 0.3) is 0 Å². The molecule has 0 aromatic rings. The van der Waals surface area contributed by atoms with Crippen LogP contribution in [0, 0.1) is 5.92 Å². The number of ether oxygens (including phenoxy) is 1. The molecule has 0 aromatic carbocycles. The molecule has 1 saturated heterocycles. The van der Waals surface area contributed by atoms with Gasteiger partial charge in [-0.05, 0) is 51.6 Å². The molecule has 1 aliphatic heterocycles. The molecule has 2 atom stereocenters. The summed E-state index contributed by atoms with van der Waals surface area (Å²) in [5.74, 6) is 0.637. The summed E-state index contributed by atoms with van der Waals surface area (Å²) in [6, 6.07) is 0. The van der Waals surface area contributed by atoms with E-state index in [0.29, 0.717) is 5.92 Å². The van der Waals surface area contributed by atoms with E-state index in [0.717, 1.165) is 32.5 Å². The van der Waals surface area contributed by atoms with Gasteiger partial charge in [0, 0.05) is 6.54 Å². The van der Waals surface area contributed by atoms with Crippen LogP contribution in [0.1, 0.15) is 58.3 Å². The minimum absolute atomic E-state index is 0. The summed E-state index contributed by atoms with van der Waals surface area (Å²) in [5, 5.41) is 6.43. The van der Waals surface area contributed by atoms with Gasteiger partial charge in [0.15, 0.2) is 0 Å². The lowest BCUT2D eigenvalue weighted by molar-refractivity contribution is -0.136. The quantitative estimate of drug-likeness (QED) is 0.766.